The highest BCUT2D eigenvalue weighted by molar-refractivity contribution is 5.91. The molecular formula is C15H22N4O2. The molecule has 1 fully saturated rings. The Morgan fingerprint density at radius 3 is 2.71 bits per heavy atom. The van der Waals surface area contributed by atoms with E-state index in [1.165, 1.54) is 11.0 Å². The first kappa shape index (κ1) is 15.3. The van der Waals surface area contributed by atoms with Gasteiger partial charge in [-0.05, 0) is 6.08 Å². The molecule has 114 valence electrons. The first-order valence-corrected chi connectivity index (χ1v) is 6.92. The van der Waals surface area contributed by atoms with Gasteiger partial charge in [0.1, 0.15) is 0 Å². The summed E-state index contributed by atoms with van der Waals surface area (Å²) in [5.74, 6) is -0.304. The average molecular weight is 290 g/mol. The minimum absolute atomic E-state index is 0.00549. The maximum Gasteiger partial charge on any atom is 0.246 e. The van der Waals surface area contributed by atoms with Gasteiger partial charge in [0, 0.05) is 37.8 Å². The summed E-state index contributed by atoms with van der Waals surface area (Å²) in [6.07, 6.45) is 4.95. The summed E-state index contributed by atoms with van der Waals surface area (Å²) in [6, 6.07) is 0.00549. The van der Waals surface area contributed by atoms with Crippen molar-refractivity contribution in [1.82, 2.24) is 19.6 Å². The Morgan fingerprint density at radius 1 is 1.57 bits per heavy atom. The van der Waals surface area contributed by atoms with Crippen LogP contribution in [0.4, 0.5) is 0 Å². The predicted molar refractivity (Wildman–Crippen MR) is 79.3 cm³/mol. The predicted octanol–water partition coefficient (Wildman–Crippen LogP) is 0.974. The summed E-state index contributed by atoms with van der Waals surface area (Å²) in [7, 11) is 3.46. The van der Waals surface area contributed by atoms with Crippen LogP contribution in [0.25, 0.3) is 0 Å². The number of aryl methyl sites for hydroxylation is 1. The van der Waals surface area contributed by atoms with Crippen LogP contribution in [0, 0.1) is 5.41 Å². The molecule has 1 aromatic heterocycles. The van der Waals surface area contributed by atoms with E-state index in [4.69, 9.17) is 0 Å². The Morgan fingerprint density at radius 2 is 2.24 bits per heavy atom. The largest absolute Gasteiger partial charge is 0.333 e. The first-order chi connectivity index (χ1) is 9.76. The second kappa shape index (κ2) is 5.35. The third-order valence-corrected chi connectivity index (χ3v) is 3.91. The number of hydrogen-bond acceptors (Lipinski definition) is 3. The van der Waals surface area contributed by atoms with E-state index in [0.717, 1.165) is 5.56 Å². The number of likely N-dealkylation sites (N-methyl/N-ethyl adjacent to an activating group) is 1. The lowest BCUT2D eigenvalue weighted by molar-refractivity contribution is -0.154. The number of likely N-dealkylation sites (tertiary alicyclic amines) is 1. The molecule has 0 N–H and O–H groups in total. The van der Waals surface area contributed by atoms with Crippen LogP contribution in [-0.2, 0) is 16.6 Å². The van der Waals surface area contributed by atoms with Gasteiger partial charge in [-0.1, -0.05) is 20.4 Å². The fourth-order valence-electron chi connectivity index (χ4n) is 2.90. The average Bonchev–Trinajstić information content (AvgIpc) is 2.80. The smallest absolute Gasteiger partial charge is 0.246 e. The van der Waals surface area contributed by atoms with Gasteiger partial charge >= 0.3 is 0 Å². The van der Waals surface area contributed by atoms with Crippen molar-refractivity contribution in [2.75, 3.05) is 20.1 Å². The summed E-state index contributed by atoms with van der Waals surface area (Å²) >= 11 is 0. The maximum atomic E-state index is 12.4. The molecular weight excluding hydrogens is 268 g/mol. The molecule has 6 heteroatoms. The van der Waals surface area contributed by atoms with Crippen LogP contribution in [0.5, 0.6) is 0 Å². The van der Waals surface area contributed by atoms with Crippen LogP contribution in [0.2, 0.25) is 0 Å². The third kappa shape index (κ3) is 2.84. The zero-order chi connectivity index (χ0) is 15.8. The molecule has 0 saturated carbocycles. The number of rotatable bonds is 4. The van der Waals surface area contributed by atoms with E-state index >= 15 is 0 Å². The lowest BCUT2D eigenvalue weighted by atomic mass is 9.72. The molecule has 0 radical (unpaired) electrons. The Labute approximate surface area is 125 Å². The van der Waals surface area contributed by atoms with Crippen molar-refractivity contribution < 1.29 is 9.59 Å². The van der Waals surface area contributed by atoms with E-state index in [2.05, 4.69) is 25.5 Å². The van der Waals surface area contributed by atoms with Gasteiger partial charge in [-0.15, -0.1) is 0 Å². The minimum atomic E-state index is -0.249. The Balaban J connectivity index is 2.11. The maximum absolute atomic E-state index is 12.4. The SMILES string of the molecule is C=CC(=O)N(C)CC(=O)N1CC(C)(C)C1c1cnn(C)c1. The second-order valence-electron chi connectivity index (χ2n) is 6.26. The minimum Gasteiger partial charge on any atom is -0.333 e. The second-order valence-corrected chi connectivity index (χ2v) is 6.26. The van der Waals surface area contributed by atoms with Gasteiger partial charge in [-0.2, -0.15) is 5.10 Å². The fraction of sp³-hybridized carbons (Fsp3) is 0.533. The monoisotopic (exact) mass is 290 g/mol. The number of nitrogens with zero attached hydrogens (tertiary/aromatic N) is 4. The number of carbonyl (C=O) groups excluding carboxylic acids is 2. The van der Waals surface area contributed by atoms with Gasteiger partial charge in [-0.25, -0.2) is 0 Å². The van der Waals surface area contributed by atoms with Crippen LogP contribution in [0.3, 0.4) is 0 Å². The van der Waals surface area contributed by atoms with Crippen LogP contribution < -0.4 is 0 Å². The van der Waals surface area contributed by atoms with E-state index < -0.39 is 0 Å². The molecule has 0 bridgehead atoms. The van der Waals surface area contributed by atoms with E-state index in [1.54, 1.807) is 17.9 Å². The van der Waals surface area contributed by atoms with E-state index in [-0.39, 0.29) is 29.8 Å². The highest BCUT2D eigenvalue weighted by atomic mass is 16.2. The Kier molecular flexibility index (Phi) is 3.89. The molecule has 1 aliphatic rings. The molecule has 1 atom stereocenters. The normalized spacial score (nSPS) is 19.8. The lowest BCUT2D eigenvalue weighted by Gasteiger charge is -2.54. The molecule has 1 aliphatic heterocycles. The third-order valence-electron chi connectivity index (χ3n) is 3.91. The fourth-order valence-corrected chi connectivity index (χ4v) is 2.90. The molecule has 0 spiro atoms. The molecule has 6 nitrogen and oxygen atoms in total. The molecule has 1 aromatic rings. The zero-order valence-electron chi connectivity index (χ0n) is 13.0. The van der Waals surface area contributed by atoms with Crippen LogP contribution >= 0.6 is 0 Å². The van der Waals surface area contributed by atoms with Gasteiger partial charge < -0.3 is 9.80 Å². The van der Waals surface area contributed by atoms with Crippen molar-refractivity contribution >= 4 is 11.8 Å². The molecule has 2 rings (SSSR count). The van der Waals surface area contributed by atoms with Crippen molar-refractivity contribution in [3.05, 3.63) is 30.6 Å². The topological polar surface area (TPSA) is 58.4 Å². The van der Waals surface area contributed by atoms with Crippen molar-refractivity contribution in [2.24, 2.45) is 12.5 Å². The van der Waals surface area contributed by atoms with Crippen molar-refractivity contribution in [2.45, 2.75) is 19.9 Å². The number of amides is 2. The highest BCUT2D eigenvalue weighted by Crippen LogP contribution is 2.48. The first-order valence-electron chi connectivity index (χ1n) is 6.92. The van der Waals surface area contributed by atoms with Gasteiger partial charge in [0.15, 0.2) is 0 Å². The number of aromatic nitrogens is 2. The molecule has 1 unspecified atom stereocenters. The molecule has 2 heterocycles. The van der Waals surface area contributed by atoms with Gasteiger partial charge in [0.25, 0.3) is 0 Å². The number of hydrogen-bond donors (Lipinski definition) is 0. The summed E-state index contributed by atoms with van der Waals surface area (Å²) < 4.78 is 1.74. The van der Waals surface area contributed by atoms with Crippen molar-refractivity contribution in [3.63, 3.8) is 0 Å². The van der Waals surface area contributed by atoms with Crippen LogP contribution in [-0.4, -0.2) is 51.5 Å². The molecule has 21 heavy (non-hydrogen) atoms. The van der Waals surface area contributed by atoms with Crippen LogP contribution in [0.15, 0.2) is 25.0 Å². The highest BCUT2D eigenvalue weighted by Gasteiger charge is 2.49. The summed E-state index contributed by atoms with van der Waals surface area (Å²) in [5, 5.41) is 4.18. The molecule has 1 saturated heterocycles. The van der Waals surface area contributed by atoms with E-state index in [1.807, 2.05) is 18.1 Å². The van der Waals surface area contributed by atoms with E-state index in [9.17, 15) is 9.59 Å². The standard InChI is InChI=1S/C15H22N4O2/c1-6-12(20)17(4)9-13(21)19-10-15(2,3)14(19)11-7-16-18(5)8-11/h6-8,14H,1,9-10H2,2-5H3. The number of carbonyl (C=O) groups is 2. The Bertz CT molecular complexity index is 576. The van der Waals surface area contributed by atoms with Crippen LogP contribution in [0.1, 0.15) is 25.5 Å². The van der Waals surface area contributed by atoms with E-state index in [0.29, 0.717) is 6.54 Å². The summed E-state index contributed by atoms with van der Waals surface area (Å²) in [4.78, 5) is 27.1. The van der Waals surface area contributed by atoms with Crippen molar-refractivity contribution in [3.8, 4) is 0 Å². The molecule has 0 aliphatic carbocycles. The molecule has 2 amide bonds. The summed E-state index contributed by atoms with van der Waals surface area (Å²) in [5.41, 5.74) is 1.04. The molecule has 0 aromatic carbocycles. The van der Waals surface area contributed by atoms with Gasteiger partial charge in [0.05, 0.1) is 18.8 Å². The lowest BCUT2D eigenvalue weighted by Crippen LogP contribution is -2.59. The van der Waals surface area contributed by atoms with Crippen molar-refractivity contribution in [1.29, 1.82) is 0 Å². The van der Waals surface area contributed by atoms with Gasteiger partial charge in [0.2, 0.25) is 11.8 Å². The summed E-state index contributed by atoms with van der Waals surface area (Å²) in [6.45, 7) is 8.44. The quantitative estimate of drug-likeness (QED) is 0.777. The Hall–Kier alpha value is -2.11. The van der Waals surface area contributed by atoms with Gasteiger partial charge in [-0.3, -0.25) is 14.3 Å². The zero-order valence-corrected chi connectivity index (χ0v) is 13.0.